The van der Waals surface area contributed by atoms with Crippen LogP contribution < -0.4 is 9.37 Å². The summed E-state index contributed by atoms with van der Waals surface area (Å²) in [5.41, 5.74) is 5.04. The van der Waals surface area contributed by atoms with Gasteiger partial charge in [-0.05, 0) is 60.6 Å². The molecule has 0 aliphatic heterocycles. The van der Waals surface area contributed by atoms with Gasteiger partial charge in [0.05, 0.1) is 22.0 Å². The average molecular weight is 340 g/mol. The number of rotatable bonds is 1. The third-order valence-electron chi connectivity index (χ3n) is 4.12. The monoisotopic (exact) mass is 340 g/mol. The van der Waals surface area contributed by atoms with Crippen molar-refractivity contribution in [2.24, 2.45) is 19.1 Å². The van der Waals surface area contributed by atoms with Crippen molar-refractivity contribution in [1.29, 1.82) is 0 Å². The van der Waals surface area contributed by atoms with E-state index < -0.39 is 0 Å². The molecule has 0 unspecified atom stereocenters. The molecule has 4 rings (SSSR count). The maximum atomic E-state index is 4.94. The van der Waals surface area contributed by atoms with Crippen LogP contribution in [0.2, 0.25) is 0 Å². The summed E-state index contributed by atoms with van der Waals surface area (Å²) < 4.78 is 6.92. The highest BCUT2D eigenvalue weighted by Gasteiger charge is 2.16. The molecule has 2 heterocycles. The highest BCUT2D eigenvalue weighted by Crippen LogP contribution is 2.27. The fourth-order valence-electron chi connectivity index (χ4n) is 2.78. The van der Waals surface area contributed by atoms with Gasteiger partial charge in [-0.3, -0.25) is 4.57 Å². The third kappa shape index (κ3) is 2.40. The van der Waals surface area contributed by atoms with Crippen LogP contribution in [0, 0.1) is 13.8 Å². The predicted molar refractivity (Wildman–Crippen MR) is 98.5 cm³/mol. The summed E-state index contributed by atoms with van der Waals surface area (Å²) in [5.74, 6) is 0. The lowest BCUT2D eigenvalue weighted by Crippen LogP contribution is -2.26. The van der Waals surface area contributed by atoms with Crippen LogP contribution in [0.25, 0.3) is 20.4 Å². The molecule has 0 saturated heterocycles. The van der Waals surface area contributed by atoms with Gasteiger partial charge in [0.25, 0.3) is 0 Å². The lowest BCUT2D eigenvalue weighted by atomic mass is 10.2. The van der Waals surface area contributed by atoms with Crippen molar-refractivity contribution in [3.63, 3.8) is 0 Å². The van der Waals surface area contributed by atoms with Gasteiger partial charge >= 0.3 is 9.93 Å². The molecule has 2 aromatic heterocycles. The molecule has 0 saturated carbocycles. The molecule has 0 bridgehead atoms. The maximum absolute atomic E-state index is 4.94. The first-order chi connectivity index (χ1) is 11.0. The van der Waals surface area contributed by atoms with Crippen molar-refractivity contribution >= 4 is 48.2 Å². The van der Waals surface area contributed by atoms with Crippen molar-refractivity contribution in [3.8, 4) is 0 Å². The van der Waals surface area contributed by atoms with E-state index in [1.54, 1.807) is 22.7 Å². The second-order valence-electron chi connectivity index (χ2n) is 5.94. The quantitative estimate of drug-likeness (QED) is 0.465. The van der Waals surface area contributed by atoms with Crippen LogP contribution in [0.15, 0.2) is 41.4 Å². The molecule has 0 atom stereocenters. The molecule has 0 aliphatic rings. The Labute approximate surface area is 142 Å². The number of hydrogen-bond acceptors (Lipinski definition) is 3. The number of hydrogen-bond donors (Lipinski definition) is 0. The van der Waals surface area contributed by atoms with Crippen molar-refractivity contribution in [2.75, 3.05) is 0 Å². The normalized spacial score (nSPS) is 12.6. The number of aromatic nitrogens is 2. The van der Waals surface area contributed by atoms with Crippen LogP contribution in [0.4, 0.5) is 5.13 Å². The Morgan fingerprint density at radius 1 is 0.957 bits per heavy atom. The van der Waals surface area contributed by atoms with Crippen molar-refractivity contribution in [3.05, 3.63) is 52.3 Å². The number of aryl methyl sites for hydroxylation is 4. The molecule has 23 heavy (non-hydrogen) atoms. The zero-order valence-corrected chi connectivity index (χ0v) is 15.3. The Morgan fingerprint density at radius 3 is 2.43 bits per heavy atom. The number of benzene rings is 2. The van der Waals surface area contributed by atoms with E-state index in [2.05, 4.69) is 73.5 Å². The Bertz CT molecular complexity index is 1110. The minimum Gasteiger partial charge on any atom is -0.298 e. The van der Waals surface area contributed by atoms with Gasteiger partial charge in [-0.1, -0.05) is 23.5 Å². The van der Waals surface area contributed by atoms with Crippen LogP contribution in [-0.2, 0) is 14.1 Å². The third-order valence-corrected chi connectivity index (χ3v) is 6.31. The molecule has 4 aromatic rings. The summed E-state index contributed by atoms with van der Waals surface area (Å²) >= 11 is 3.49. The first kappa shape index (κ1) is 14.6. The van der Waals surface area contributed by atoms with Crippen LogP contribution in [0.1, 0.15) is 11.1 Å². The van der Waals surface area contributed by atoms with E-state index in [4.69, 9.17) is 4.99 Å². The number of fused-ring (bicyclic) bond motifs is 2. The Morgan fingerprint density at radius 2 is 1.65 bits per heavy atom. The van der Waals surface area contributed by atoms with E-state index in [-0.39, 0.29) is 0 Å². The first-order valence-corrected chi connectivity index (χ1v) is 9.16. The van der Waals surface area contributed by atoms with Gasteiger partial charge in [-0.2, -0.15) is 0 Å². The van der Waals surface area contributed by atoms with Crippen LogP contribution in [-0.4, -0.2) is 4.57 Å². The maximum Gasteiger partial charge on any atom is 0.386 e. The van der Waals surface area contributed by atoms with E-state index in [9.17, 15) is 0 Å². The lowest BCUT2D eigenvalue weighted by Gasteiger charge is -1.94. The first-order valence-electron chi connectivity index (χ1n) is 7.53. The Hall–Kier alpha value is -1.98. The summed E-state index contributed by atoms with van der Waals surface area (Å²) in [6, 6.07) is 13.1. The standard InChI is InChI=1S/C18H18N3S2/c1-11-5-7-13-15(9-11)22-17(20(13)3)19-18-21(4)14-8-6-12(2)10-16(14)23-18/h5-10H,1-4H3/q+1. The molecule has 0 radical (unpaired) electrons. The summed E-state index contributed by atoms with van der Waals surface area (Å²) in [7, 11) is 4.18. The number of thiazole rings is 2. The highest BCUT2D eigenvalue weighted by molar-refractivity contribution is 7.21. The van der Waals surface area contributed by atoms with Crippen LogP contribution in [0.3, 0.4) is 0 Å². The molecule has 116 valence electrons. The SMILES string of the molecule is Cc1ccc2c(c1)s/c(=N/c1sc3cc(C)ccc3[n+]1C)n2C. The van der Waals surface area contributed by atoms with Gasteiger partial charge < -0.3 is 0 Å². The van der Waals surface area contributed by atoms with E-state index in [1.807, 2.05) is 0 Å². The van der Waals surface area contributed by atoms with Gasteiger partial charge in [0, 0.05) is 12.0 Å². The molecule has 0 N–H and O–H groups in total. The minimum absolute atomic E-state index is 1.03. The zero-order valence-electron chi connectivity index (χ0n) is 13.6. The summed E-state index contributed by atoms with van der Waals surface area (Å²) in [6.07, 6.45) is 0. The van der Waals surface area contributed by atoms with Crippen LogP contribution >= 0.6 is 22.7 Å². The zero-order chi connectivity index (χ0) is 16.1. The average Bonchev–Trinajstić information content (AvgIpc) is 2.97. The minimum atomic E-state index is 1.03. The fraction of sp³-hybridized carbons (Fsp3) is 0.222. The van der Waals surface area contributed by atoms with E-state index in [0.29, 0.717) is 0 Å². The highest BCUT2D eigenvalue weighted by atomic mass is 32.1. The summed E-state index contributed by atoms with van der Waals surface area (Å²) in [4.78, 5) is 5.97. The topological polar surface area (TPSA) is 21.2 Å². The molecule has 0 spiro atoms. The molecule has 0 amide bonds. The number of nitrogens with zero attached hydrogens (tertiary/aromatic N) is 3. The molecule has 2 aromatic carbocycles. The van der Waals surface area contributed by atoms with E-state index in [0.717, 1.165) is 9.93 Å². The van der Waals surface area contributed by atoms with Gasteiger partial charge in [-0.15, -0.1) is 0 Å². The molecular weight excluding hydrogens is 322 g/mol. The van der Waals surface area contributed by atoms with E-state index in [1.165, 1.54) is 31.6 Å². The fourth-order valence-corrected chi connectivity index (χ4v) is 5.07. The van der Waals surface area contributed by atoms with Gasteiger partial charge in [0.1, 0.15) is 5.52 Å². The second kappa shape index (κ2) is 5.28. The van der Waals surface area contributed by atoms with Crippen molar-refractivity contribution in [1.82, 2.24) is 4.57 Å². The Balaban J connectivity index is 1.97. The summed E-state index contributed by atoms with van der Waals surface area (Å²) in [6.45, 7) is 4.26. The van der Waals surface area contributed by atoms with Crippen molar-refractivity contribution in [2.45, 2.75) is 13.8 Å². The molecule has 0 aliphatic carbocycles. The van der Waals surface area contributed by atoms with Crippen molar-refractivity contribution < 1.29 is 4.57 Å². The van der Waals surface area contributed by atoms with E-state index >= 15 is 0 Å². The predicted octanol–water partition coefficient (Wildman–Crippen LogP) is 4.13. The van der Waals surface area contributed by atoms with Crippen LogP contribution in [0.5, 0.6) is 0 Å². The van der Waals surface area contributed by atoms with Gasteiger partial charge in [-0.25, -0.2) is 4.57 Å². The largest absolute Gasteiger partial charge is 0.386 e. The lowest BCUT2D eigenvalue weighted by molar-refractivity contribution is -0.627. The van der Waals surface area contributed by atoms with Gasteiger partial charge in [0.15, 0.2) is 0 Å². The molecule has 5 heteroatoms. The molecule has 3 nitrogen and oxygen atoms in total. The second-order valence-corrected chi connectivity index (χ2v) is 7.96. The van der Waals surface area contributed by atoms with Gasteiger partial charge in [0.2, 0.25) is 0 Å². The molecule has 0 fully saturated rings. The Kier molecular flexibility index (Phi) is 3.36. The smallest absolute Gasteiger partial charge is 0.298 e. The summed E-state index contributed by atoms with van der Waals surface area (Å²) in [5, 5.41) is 1.03. The molecular formula is C18H18N3S2+.